The Kier molecular flexibility index (Phi) is 21.3. The first-order chi connectivity index (χ1) is 18.6. The van der Waals surface area contributed by atoms with E-state index in [4.69, 9.17) is 25.2 Å². The van der Waals surface area contributed by atoms with Gasteiger partial charge < -0.3 is 30.6 Å². The second kappa shape index (κ2) is 23.0. The molecular weight excluding hydrogens is 524 g/mol. The maximum Gasteiger partial charge on any atom is 0.246 e. The standard InChI is InChI=1S/C22H42N6O11/c1-18(29)26(34)9-15-38-13-7-24-19(30)3-5-22(33)28(36)11-17-39-14-8-25-20(31)2-4-21(32)27(35)10-16-37-12-6-23/h34-36H,2-17,23H2,1H3,(H,24,30)(H,25,31). The van der Waals surface area contributed by atoms with Crippen LogP contribution in [0.3, 0.4) is 0 Å². The minimum absolute atomic E-state index is 0.00256. The number of hydroxylamine groups is 6. The fraction of sp³-hybridized carbons (Fsp3) is 0.773. The topological polar surface area (TPSA) is 234 Å². The van der Waals surface area contributed by atoms with Crippen LogP contribution in [0.15, 0.2) is 0 Å². The zero-order valence-electron chi connectivity index (χ0n) is 22.3. The average molecular weight is 567 g/mol. The van der Waals surface area contributed by atoms with Gasteiger partial charge in [0.1, 0.15) is 0 Å². The quantitative estimate of drug-likeness (QED) is 0.0426. The Morgan fingerprint density at radius 2 is 1.00 bits per heavy atom. The third-order valence-electron chi connectivity index (χ3n) is 4.81. The molecule has 0 saturated heterocycles. The molecule has 0 aliphatic carbocycles. The van der Waals surface area contributed by atoms with Crippen molar-refractivity contribution in [2.24, 2.45) is 5.73 Å². The number of nitrogens with two attached hydrogens (primary N) is 1. The minimum atomic E-state index is -0.667. The Labute approximate surface area is 227 Å². The maximum atomic E-state index is 11.9. The van der Waals surface area contributed by atoms with Crippen LogP contribution in [0.2, 0.25) is 0 Å². The number of hydrogen-bond acceptors (Lipinski definition) is 12. The van der Waals surface area contributed by atoms with E-state index in [1.54, 1.807) is 0 Å². The van der Waals surface area contributed by atoms with E-state index in [-0.39, 0.29) is 91.4 Å². The van der Waals surface area contributed by atoms with Gasteiger partial charge >= 0.3 is 0 Å². The largest absolute Gasteiger partial charge is 0.378 e. The van der Waals surface area contributed by atoms with Gasteiger partial charge in [-0.1, -0.05) is 0 Å². The fourth-order valence-electron chi connectivity index (χ4n) is 2.65. The molecule has 17 nitrogen and oxygen atoms in total. The summed E-state index contributed by atoms with van der Waals surface area (Å²) >= 11 is 0. The van der Waals surface area contributed by atoms with Crippen molar-refractivity contribution >= 4 is 29.5 Å². The minimum Gasteiger partial charge on any atom is -0.378 e. The molecule has 0 unspecified atom stereocenters. The van der Waals surface area contributed by atoms with Crippen molar-refractivity contribution < 1.29 is 53.8 Å². The number of carbonyl (C=O) groups excluding carboxylic acids is 5. The summed E-state index contributed by atoms with van der Waals surface area (Å²) in [6.45, 7) is 2.46. The van der Waals surface area contributed by atoms with Gasteiger partial charge in [0.05, 0.1) is 59.3 Å². The fourth-order valence-corrected chi connectivity index (χ4v) is 2.65. The third-order valence-corrected chi connectivity index (χ3v) is 4.81. The van der Waals surface area contributed by atoms with Crippen molar-refractivity contribution in [2.75, 3.05) is 78.9 Å². The summed E-state index contributed by atoms with van der Waals surface area (Å²) in [4.78, 5) is 58.0. The highest BCUT2D eigenvalue weighted by molar-refractivity contribution is 5.83. The molecule has 226 valence electrons. The first-order valence-electron chi connectivity index (χ1n) is 12.5. The van der Waals surface area contributed by atoms with Crippen molar-refractivity contribution in [3.05, 3.63) is 0 Å². The molecule has 0 bridgehead atoms. The van der Waals surface area contributed by atoms with Crippen LogP contribution in [0.25, 0.3) is 0 Å². The summed E-state index contributed by atoms with van der Waals surface area (Å²) in [7, 11) is 0. The molecule has 0 atom stereocenters. The molecule has 7 N–H and O–H groups in total. The number of ether oxygens (including phenoxy) is 3. The van der Waals surface area contributed by atoms with Crippen LogP contribution in [-0.2, 0) is 38.2 Å². The second-order valence-corrected chi connectivity index (χ2v) is 8.00. The molecule has 0 aliphatic rings. The molecule has 17 heteroatoms. The van der Waals surface area contributed by atoms with Gasteiger partial charge in [-0.25, -0.2) is 15.2 Å². The predicted octanol–water partition coefficient (Wildman–Crippen LogP) is -2.54. The first kappa shape index (κ1) is 36.1. The van der Waals surface area contributed by atoms with Gasteiger partial charge in [-0.15, -0.1) is 0 Å². The highest BCUT2D eigenvalue weighted by Gasteiger charge is 2.14. The van der Waals surface area contributed by atoms with Gasteiger partial charge in [0, 0.05) is 52.2 Å². The lowest BCUT2D eigenvalue weighted by atomic mass is 10.2. The van der Waals surface area contributed by atoms with Gasteiger partial charge in [-0.2, -0.15) is 0 Å². The molecule has 0 heterocycles. The molecule has 0 radical (unpaired) electrons. The average Bonchev–Trinajstić information content (AvgIpc) is 2.91. The second-order valence-electron chi connectivity index (χ2n) is 8.00. The van der Waals surface area contributed by atoms with Crippen molar-refractivity contribution in [3.63, 3.8) is 0 Å². The van der Waals surface area contributed by atoms with E-state index < -0.39 is 29.5 Å². The summed E-state index contributed by atoms with van der Waals surface area (Å²) in [5.74, 6) is -2.61. The molecule has 0 aromatic heterocycles. The summed E-state index contributed by atoms with van der Waals surface area (Å²) in [5.41, 5.74) is 5.26. The Bertz CT molecular complexity index is 743. The molecular formula is C22H42N6O11. The first-order valence-corrected chi connectivity index (χ1v) is 12.5. The molecule has 0 aromatic carbocycles. The number of amides is 5. The zero-order valence-corrected chi connectivity index (χ0v) is 22.3. The van der Waals surface area contributed by atoms with E-state index in [0.29, 0.717) is 28.3 Å². The molecule has 39 heavy (non-hydrogen) atoms. The highest BCUT2D eigenvalue weighted by Crippen LogP contribution is 1.97. The summed E-state index contributed by atoms with van der Waals surface area (Å²) in [5, 5.41) is 35.0. The van der Waals surface area contributed by atoms with Crippen molar-refractivity contribution in [3.8, 4) is 0 Å². The molecule has 0 spiro atoms. The number of carbonyl (C=O) groups is 5. The smallest absolute Gasteiger partial charge is 0.246 e. The van der Waals surface area contributed by atoms with E-state index in [0.717, 1.165) is 0 Å². The van der Waals surface area contributed by atoms with Crippen LogP contribution >= 0.6 is 0 Å². The van der Waals surface area contributed by atoms with Gasteiger partial charge in [0.15, 0.2) is 0 Å². The van der Waals surface area contributed by atoms with Crippen LogP contribution in [0.4, 0.5) is 0 Å². The van der Waals surface area contributed by atoms with Crippen molar-refractivity contribution in [1.82, 2.24) is 25.8 Å². The van der Waals surface area contributed by atoms with Crippen LogP contribution in [-0.4, -0.2) is 139 Å². The molecule has 0 saturated carbocycles. The molecule has 0 rings (SSSR count). The monoisotopic (exact) mass is 566 g/mol. The lowest BCUT2D eigenvalue weighted by Gasteiger charge is -2.15. The maximum absolute atomic E-state index is 11.9. The highest BCUT2D eigenvalue weighted by atomic mass is 16.5. The van der Waals surface area contributed by atoms with Gasteiger partial charge in [0.25, 0.3) is 0 Å². The van der Waals surface area contributed by atoms with Gasteiger partial charge in [-0.3, -0.25) is 39.6 Å². The number of hydrogen-bond donors (Lipinski definition) is 6. The lowest BCUT2D eigenvalue weighted by molar-refractivity contribution is -0.168. The number of nitrogens with one attached hydrogen (secondary N) is 2. The van der Waals surface area contributed by atoms with E-state index in [9.17, 15) is 34.4 Å². The van der Waals surface area contributed by atoms with Crippen LogP contribution in [0.5, 0.6) is 0 Å². The van der Waals surface area contributed by atoms with Gasteiger partial charge in [0.2, 0.25) is 29.5 Å². The number of rotatable bonds is 23. The summed E-state index contributed by atoms with van der Waals surface area (Å²) < 4.78 is 15.4. The molecule has 0 aromatic rings. The number of nitrogens with zero attached hydrogens (tertiary/aromatic N) is 3. The Morgan fingerprint density at radius 1 is 0.615 bits per heavy atom. The normalized spacial score (nSPS) is 10.6. The Hall–Kier alpha value is -2.93. The SMILES string of the molecule is CC(=O)N(O)CCOCCNC(=O)CCC(=O)N(O)CCOCCNC(=O)CCC(=O)N(O)CCOCCN. The van der Waals surface area contributed by atoms with Crippen molar-refractivity contribution in [1.29, 1.82) is 0 Å². The van der Waals surface area contributed by atoms with E-state index in [2.05, 4.69) is 10.6 Å². The summed E-state index contributed by atoms with van der Waals surface area (Å²) in [6, 6.07) is 0. The molecule has 0 aliphatic heterocycles. The van der Waals surface area contributed by atoms with E-state index in [1.165, 1.54) is 6.92 Å². The van der Waals surface area contributed by atoms with E-state index in [1.807, 2.05) is 0 Å². The van der Waals surface area contributed by atoms with E-state index >= 15 is 0 Å². The zero-order chi connectivity index (χ0) is 29.5. The molecule has 5 amide bonds. The Morgan fingerprint density at radius 3 is 1.38 bits per heavy atom. The summed E-state index contributed by atoms with van der Waals surface area (Å²) in [6.07, 6.45) is -0.667. The van der Waals surface area contributed by atoms with Crippen LogP contribution in [0, 0.1) is 0 Å². The van der Waals surface area contributed by atoms with Crippen LogP contribution < -0.4 is 16.4 Å². The van der Waals surface area contributed by atoms with Gasteiger partial charge in [-0.05, 0) is 0 Å². The third kappa shape index (κ3) is 20.7. The van der Waals surface area contributed by atoms with Crippen molar-refractivity contribution in [2.45, 2.75) is 32.6 Å². The molecule has 0 fully saturated rings. The lowest BCUT2D eigenvalue weighted by Crippen LogP contribution is -2.34. The predicted molar refractivity (Wildman–Crippen MR) is 132 cm³/mol. The Balaban J connectivity index is 3.75. The van der Waals surface area contributed by atoms with Crippen LogP contribution in [0.1, 0.15) is 32.6 Å².